The number of hydrogen-bond acceptors (Lipinski definition) is 5. The number of piperidine rings is 1. The highest BCUT2D eigenvalue weighted by Crippen LogP contribution is 2.31. The van der Waals surface area contributed by atoms with Gasteiger partial charge >= 0.3 is 0 Å². The first-order chi connectivity index (χ1) is 9.59. The van der Waals surface area contributed by atoms with E-state index in [4.69, 9.17) is 10.5 Å². The summed E-state index contributed by atoms with van der Waals surface area (Å²) in [5, 5.41) is 7.50. The van der Waals surface area contributed by atoms with Crippen LogP contribution in [0.1, 0.15) is 44.9 Å². The quantitative estimate of drug-likeness (QED) is 0.870. The first-order valence-electron chi connectivity index (χ1n) is 7.58. The van der Waals surface area contributed by atoms with Crippen molar-refractivity contribution in [2.45, 2.75) is 45.1 Å². The van der Waals surface area contributed by atoms with E-state index in [0.717, 1.165) is 50.9 Å². The number of nitrogens with two attached hydrogens (primary N) is 1. The number of anilines is 1. The molecule has 2 aliphatic rings. The van der Waals surface area contributed by atoms with Gasteiger partial charge in [0.25, 0.3) is 0 Å². The molecule has 0 radical (unpaired) electrons. The molecular formula is C14H25N5O. The fraction of sp³-hybridized carbons (Fsp3) is 0.857. The average Bonchev–Trinajstić information content (AvgIpc) is 3.07. The summed E-state index contributed by atoms with van der Waals surface area (Å²) in [6.45, 7) is 7.78. The van der Waals surface area contributed by atoms with Crippen molar-refractivity contribution >= 4 is 5.95 Å². The second kappa shape index (κ2) is 5.33. The minimum absolute atomic E-state index is 0.185. The normalized spacial score (nSPS) is 34.6. The van der Waals surface area contributed by atoms with E-state index in [1.807, 2.05) is 0 Å². The Bertz CT molecular complexity index is 462. The molecule has 3 N–H and O–H groups in total. The molecule has 20 heavy (non-hydrogen) atoms. The van der Waals surface area contributed by atoms with Crippen molar-refractivity contribution in [3.05, 3.63) is 5.82 Å². The molecule has 1 aromatic rings. The SMILES string of the molecule is CC1CC(c2nc(N3CCCC(C)(CN)C3)n[nH]2)CO1. The zero-order valence-corrected chi connectivity index (χ0v) is 12.4. The topological polar surface area (TPSA) is 80.1 Å². The third-order valence-corrected chi connectivity index (χ3v) is 4.63. The number of nitrogens with one attached hydrogen (secondary N) is 1. The van der Waals surface area contributed by atoms with Gasteiger partial charge in [0.05, 0.1) is 12.7 Å². The van der Waals surface area contributed by atoms with Crippen LogP contribution in [0, 0.1) is 5.41 Å². The fourth-order valence-corrected chi connectivity index (χ4v) is 3.25. The maximum absolute atomic E-state index is 5.91. The van der Waals surface area contributed by atoms with Crippen LogP contribution in [0.15, 0.2) is 0 Å². The Labute approximate surface area is 120 Å². The van der Waals surface area contributed by atoms with Gasteiger partial charge < -0.3 is 15.4 Å². The highest BCUT2D eigenvalue weighted by atomic mass is 16.5. The Kier molecular flexibility index (Phi) is 3.69. The maximum atomic E-state index is 5.91. The predicted octanol–water partition coefficient (Wildman–Crippen LogP) is 1.26. The van der Waals surface area contributed by atoms with Crippen molar-refractivity contribution in [1.29, 1.82) is 0 Å². The molecule has 6 nitrogen and oxygen atoms in total. The Morgan fingerprint density at radius 3 is 3.10 bits per heavy atom. The lowest BCUT2D eigenvalue weighted by molar-refractivity contribution is 0.123. The molecule has 0 aliphatic carbocycles. The molecule has 3 heterocycles. The summed E-state index contributed by atoms with van der Waals surface area (Å²) in [5.74, 6) is 2.14. The van der Waals surface area contributed by atoms with Gasteiger partial charge in [-0.1, -0.05) is 6.92 Å². The highest BCUT2D eigenvalue weighted by molar-refractivity contribution is 5.31. The zero-order valence-electron chi connectivity index (χ0n) is 12.4. The molecule has 0 amide bonds. The summed E-state index contributed by atoms with van der Waals surface area (Å²) >= 11 is 0. The average molecular weight is 279 g/mol. The molecule has 0 aromatic carbocycles. The lowest BCUT2D eigenvalue weighted by Crippen LogP contribution is -2.46. The van der Waals surface area contributed by atoms with Crippen molar-refractivity contribution < 1.29 is 4.74 Å². The predicted molar refractivity (Wildman–Crippen MR) is 77.8 cm³/mol. The molecular weight excluding hydrogens is 254 g/mol. The van der Waals surface area contributed by atoms with Crippen LogP contribution in [-0.4, -0.2) is 47.5 Å². The molecule has 2 aliphatic heterocycles. The smallest absolute Gasteiger partial charge is 0.244 e. The standard InChI is InChI=1S/C14H25N5O/c1-10-6-11(7-20-10)12-16-13(18-17-12)19-5-3-4-14(2,8-15)9-19/h10-11H,3-9,15H2,1-2H3,(H,16,17,18). The number of aromatic nitrogens is 3. The first-order valence-corrected chi connectivity index (χ1v) is 7.58. The molecule has 1 aromatic heterocycles. The summed E-state index contributed by atoms with van der Waals surface area (Å²) < 4.78 is 5.61. The molecule has 0 saturated carbocycles. The lowest BCUT2D eigenvalue weighted by Gasteiger charge is -2.39. The van der Waals surface area contributed by atoms with Crippen molar-refractivity contribution in [3.8, 4) is 0 Å². The Morgan fingerprint density at radius 1 is 1.55 bits per heavy atom. The van der Waals surface area contributed by atoms with E-state index in [9.17, 15) is 0 Å². The Morgan fingerprint density at radius 2 is 2.40 bits per heavy atom. The van der Waals surface area contributed by atoms with Gasteiger partial charge in [0.15, 0.2) is 0 Å². The van der Waals surface area contributed by atoms with E-state index in [1.54, 1.807) is 0 Å². The van der Waals surface area contributed by atoms with E-state index in [0.29, 0.717) is 12.0 Å². The van der Waals surface area contributed by atoms with Crippen LogP contribution < -0.4 is 10.6 Å². The molecule has 0 bridgehead atoms. The minimum Gasteiger partial charge on any atom is -0.378 e. The summed E-state index contributed by atoms with van der Waals surface area (Å²) in [6, 6.07) is 0. The second-order valence-corrected chi connectivity index (χ2v) is 6.64. The number of H-pyrrole nitrogens is 1. The van der Waals surface area contributed by atoms with Crippen molar-refractivity contribution in [3.63, 3.8) is 0 Å². The summed E-state index contributed by atoms with van der Waals surface area (Å²) in [4.78, 5) is 6.95. The molecule has 2 fully saturated rings. The van der Waals surface area contributed by atoms with Crippen molar-refractivity contribution in [2.75, 3.05) is 31.1 Å². The molecule has 0 spiro atoms. The van der Waals surface area contributed by atoms with Gasteiger partial charge in [-0.05, 0) is 38.1 Å². The van der Waals surface area contributed by atoms with Gasteiger partial charge in [-0.25, -0.2) is 0 Å². The van der Waals surface area contributed by atoms with E-state index < -0.39 is 0 Å². The summed E-state index contributed by atoms with van der Waals surface area (Å²) in [6.07, 6.45) is 3.69. The monoisotopic (exact) mass is 279 g/mol. The van der Waals surface area contributed by atoms with Crippen LogP contribution >= 0.6 is 0 Å². The van der Waals surface area contributed by atoms with Gasteiger partial charge in [-0.2, -0.15) is 4.98 Å². The molecule has 2 saturated heterocycles. The van der Waals surface area contributed by atoms with Crippen LogP contribution in [-0.2, 0) is 4.74 Å². The zero-order chi connectivity index (χ0) is 14.2. The van der Waals surface area contributed by atoms with Gasteiger partial charge in [0.1, 0.15) is 5.82 Å². The van der Waals surface area contributed by atoms with Crippen molar-refractivity contribution in [1.82, 2.24) is 15.2 Å². The summed E-state index contributed by atoms with van der Waals surface area (Å²) in [5.41, 5.74) is 6.09. The van der Waals surface area contributed by atoms with Crippen LogP contribution in [0.3, 0.4) is 0 Å². The van der Waals surface area contributed by atoms with Crippen molar-refractivity contribution in [2.24, 2.45) is 11.1 Å². The molecule has 3 rings (SSSR count). The number of hydrogen-bond donors (Lipinski definition) is 2. The third kappa shape index (κ3) is 2.67. The lowest BCUT2D eigenvalue weighted by atomic mass is 9.82. The first kappa shape index (κ1) is 13.8. The van der Waals surface area contributed by atoms with E-state index in [1.165, 1.54) is 6.42 Å². The van der Waals surface area contributed by atoms with Crippen LogP contribution in [0.2, 0.25) is 0 Å². The minimum atomic E-state index is 0.185. The molecule has 6 heteroatoms. The third-order valence-electron chi connectivity index (χ3n) is 4.63. The van der Waals surface area contributed by atoms with Crippen LogP contribution in [0.4, 0.5) is 5.95 Å². The summed E-state index contributed by atoms with van der Waals surface area (Å²) in [7, 11) is 0. The molecule has 3 unspecified atom stereocenters. The molecule has 112 valence electrons. The highest BCUT2D eigenvalue weighted by Gasteiger charge is 2.32. The van der Waals surface area contributed by atoms with Gasteiger partial charge in [0.2, 0.25) is 5.95 Å². The molecule has 3 atom stereocenters. The maximum Gasteiger partial charge on any atom is 0.244 e. The van der Waals surface area contributed by atoms with Crippen LogP contribution in [0.5, 0.6) is 0 Å². The van der Waals surface area contributed by atoms with E-state index >= 15 is 0 Å². The van der Waals surface area contributed by atoms with Gasteiger partial charge in [-0.3, -0.25) is 5.10 Å². The second-order valence-electron chi connectivity index (χ2n) is 6.64. The van der Waals surface area contributed by atoms with Gasteiger partial charge in [0, 0.05) is 19.0 Å². The van der Waals surface area contributed by atoms with E-state index in [-0.39, 0.29) is 5.41 Å². The Balaban J connectivity index is 1.70. The van der Waals surface area contributed by atoms with Gasteiger partial charge in [-0.15, -0.1) is 5.10 Å². The number of aromatic amines is 1. The Hall–Kier alpha value is -1.14. The fourth-order valence-electron chi connectivity index (χ4n) is 3.25. The van der Waals surface area contributed by atoms with Crippen LogP contribution in [0.25, 0.3) is 0 Å². The number of ether oxygens (including phenoxy) is 1. The number of rotatable bonds is 3. The van der Waals surface area contributed by atoms with E-state index in [2.05, 4.69) is 33.9 Å². The largest absolute Gasteiger partial charge is 0.378 e. The number of nitrogens with zero attached hydrogens (tertiary/aromatic N) is 3.